The lowest BCUT2D eigenvalue weighted by Crippen LogP contribution is -2.37. The summed E-state index contributed by atoms with van der Waals surface area (Å²) in [6.45, 7) is 12.1. The van der Waals surface area contributed by atoms with Crippen LogP contribution in [0.1, 0.15) is 64.5 Å². The monoisotopic (exact) mass is 425 g/mol. The second-order valence-electron chi connectivity index (χ2n) is 8.99. The molecule has 2 aromatic carbocycles. The van der Waals surface area contributed by atoms with Crippen LogP contribution in [0.2, 0.25) is 0 Å². The first-order chi connectivity index (χ1) is 15.0. The Morgan fingerprint density at radius 1 is 0.613 bits per heavy atom. The van der Waals surface area contributed by atoms with E-state index in [1.54, 1.807) is 0 Å². The Morgan fingerprint density at radius 2 is 1.00 bits per heavy atom. The minimum Gasteiger partial charge on any atom is -0.376 e. The van der Waals surface area contributed by atoms with Gasteiger partial charge in [0.2, 0.25) is 0 Å². The fourth-order valence-corrected chi connectivity index (χ4v) is 4.17. The average Bonchev–Trinajstić information content (AvgIpc) is 2.78. The van der Waals surface area contributed by atoms with Gasteiger partial charge in [-0.15, -0.1) is 0 Å². The van der Waals surface area contributed by atoms with E-state index in [9.17, 15) is 0 Å². The largest absolute Gasteiger partial charge is 0.376 e. The van der Waals surface area contributed by atoms with Crippen molar-refractivity contribution in [2.75, 3.05) is 26.3 Å². The van der Waals surface area contributed by atoms with Gasteiger partial charge in [-0.3, -0.25) is 0 Å². The molecule has 0 heterocycles. The molecule has 0 saturated heterocycles. The maximum absolute atomic E-state index is 6.16. The minimum atomic E-state index is -0.0892. The van der Waals surface area contributed by atoms with Crippen LogP contribution in [0.4, 0.5) is 0 Å². The van der Waals surface area contributed by atoms with Crippen molar-refractivity contribution in [1.82, 2.24) is 5.32 Å². The third-order valence-corrected chi connectivity index (χ3v) is 6.22. The SMILES string of the molecule is CCOC(C)(CCNCCC(C)(CCc1ccccc1)OCC)CCc1ccccc1. The van der Waals surface area contributed by atoms with Crippen molar-refractivity contribution in [2.24, 2.45) is 0 Å². The van der Waals surface area contributed by atoms with Crippen LogP contribution in [0, 0.1) is 0 Å². The van der Waals surface area contributed by atoms with E-state index in [4.69, 9.17) is 9.47 Å². The van der Waals surface area contributed by atoms with E-state index in [1.807, 2.05) is 0 Å². The van der Waals surface area contributed by atoms with Gasteiger partial charge in [-0.25, -0.2) is 0 Å². The molecule has 0 radical (unpaired) electrons. The van der Waals surface area contributed by atoms with E-state index in [0.29, 0.717) is 0 Å². The minimum absolute atomic E-state index is 0.0892. The van der Waals surface area contributed by atoms with Crippen LogP contribution >= 0.6 is 0 Å². The summed E-state index contributed by atoms with van der Waals surface area (Å²) in [5, 5.41) is 3.65. The molecule has 31 heavy (non-hydrogen) atoms. The van der Waals surface area contributed by atoms with E-state index >= 15 is 0 Å². The van der Waals surface area contributed by atoms with Crippen LogP contribution in [-0.2, 0) is 22.3 Å². The predicted molar refractivity (Wildman–Crippen MR) is 132 cm³/mol. The Morgan fingerprint density at radius 3 is 1.35 bits per heavy atom. The van der Waals surface area contributed by atoms with E-state index in [2.05, 4.69) is 93.7 Å². The van der Waals surface area contributed by atoms with Gasteiger partial charge in [-0.2, -0.15) is 0 Å². The molecule has 0 aliphatic rings. The standard InChI is InChI=1S/C28H43NO2/c1-5-30-27(3,19-17-25-13-9-7-10-14-25)21-23-29-24-22-28(4,31-6-2)20-18-26-15-11-8-12-16-26/h7-16,29H,5-6,17-24H2,1-4H3. The highest BCUT2D eigenvalue weighted by atomic mass is 16.5. The molecule has 1 N–H and O–H groups in total. The van der Waals surface area contributed by atoms with Gasteiger partial charge >= 0.3 is 0 Å². The third kappa shape index (κ3) is 9.99. The molecule has 0 bridgehead atoms. The molecular weight excluding hydrogens is 382 g/mol. The Kier molecular flexibility index (Phi) is 11.3. The Hall–Kier alpha value is -1.68. The number of benzene rings is 2. The lowest BCUT2D eigenvalue weighted by molar-refractivity contribution is -0.0407. The second-order valence-corrected chi connectivity index (χ2v) is 8.99. The summed E-state index contributed by atoms with van der Waals surface area (Å²) in [6, 6.07) is 21.4. The maximum Gasteiger partial charge on any atom is 0.0669 e. The molecule has 2 atom stereocenters. The normalized spacial score (nSPS) is 15.4. The highest BCUT2D eigenvalue weighted by Crippen LogP contribution is 2.24. The molecule has 2 rings (SSSR count). The topological polar surface area (TPSA) is 30.5 Å². The van der Waals surface area contributed by atoms with Crippen LogP contribution in [0.15, 0.2) is 60.7 Å². The molecule has 3 nitrogen and oxygen atoms in total. The first kappa shape index (κ1) is 25.6. The van der Waals surface area contributed by atoms with Crippen molar-refractivity contribution < 1.29 is 9.47 Å². The maximum atomic E-state index is 6.16. The van der Waals surface area contributed by atoms with Crippen LogP contribution in [-0.4, -0.2) is 37.5 Å². The molecule has 2 aromatic rings. The Labute approximate surface area is 190 Å². The first-order valence-electron chi connectivity index (χ1n) is 12.0. The molecule has 0 saturated carbocycles. The van der Waals surface area contributed by atoms with Crippen molar-refractivity contribution in [3.8, 4) is 0 Å². The van der Waals surface area contributed by atoms with Gasteiger partial charge in [0, 0.05) is 13.2 Å². The van der Waals surface area contributed by atoms with Crippen LogP contribution in [0.3, 0.4) is 0 Å². The number of rotatable bonds is 16. The van der Waals surface area contributed by atoms with E-state index < -0.39 is 0 Å². The predicted octanol–water partition coefficient (Wildman–Crippen LogP) is 6.21. The molecular formula is C28H43NO2. The summed E-state index contributed by atoms with van der Waals surface area (Å²) in [6.07, 6.45) is 6.23. The zero-order valence-electron chi connectivity index (χ0n) is 20.2. The summed E-state index contributed by atoms with van der Waals surface area (Å²) in [5.41, 5.74) is 2.59. The number of hydrogen-bond acceptors (Lipinski definition) is 3. The van der Waals surface area contributed by atoms with Gasteiger partial charge in [-0.1, -0.05) is 60.7 Å². The van der Waals surface area contributed by atoms with Gasteiger partial charge in [-0.05, 0) is 90.4 Å². The molecule has 0 aliphatic heterocycles. The van der Waals surface area contributed by atoms with Crippen LogP contribution < -0.4 is 5.32 Å². The molecule has 172 valence electrons. The average molecular weight is 426 g/mol. The van der Waals surface area contributed by atoms with Crippen molar-refractivity contribution in [3.63, 3.8) is 0 Å². The molecule has 0 aliphatic carbocycles. The highest BCUT2D eigenvalue weighted by molar-refractivity contribution is 5.15. The number of ether oxygens (including phenoxy) is 2. The van der Waals surface area contributed by atoms with E-state index in [0.717, 1.165) is 64.8 Å². The number of aryl methyl sites for hydroxylation is 2. The third-order valence-electron chi connectivity index (χ3n) is 6.22. The summed E-state index contributed by atoms with van der Waals surface area (Å²) >= 11 is 0. The molecule has 0 aromatic heterocycles. The second kappa shape index (κ2) is 13.7. The van der Waals surface area contributed by atoms with Gasteiger partial charge in [0.05, 0.1) is 11.2 Å². The molecule has 0 spiro atoms. The zero-order chi connectivity index (χ0) is 22.4. The lowest BCUT2D eigenvalue weighted by Gasteiger charge is -2.31. The fraction of sp³-hybridized carbons (Fsp3) is 0.571. The fourth-order valence-electron chi connectivity index (χ4n) is 4.17. The first-order valence-corrected chi connectivity index (χ1v) is 12.0. The quantitative estimate of drug-likeness (QED) is 0.324. The molecule has 0 amide bonds. The van der Waals surface area contributed by atoms with E-state index in [-0.39, 0.29) is 11.2 Å². The summed E-state index contributed by atoms with van der Waals surface area (Å²) in [7, 11) is 0. The van der Waals surface area contributed by atoms with Crippen LogP contribution in [0.25, 0.3) is 0 Å². The molecule has 0 fully saturated rings. The van der Waals surface area contributed by atoms with Crippen LogP contribution in [0.5, 0.6) is 0 Å². The molecule has 2 unspecified atom stereocenters. The van der Waals surface area contributed by atoms with Crippen molar-refractivity contribution in [2.45, 2.75) is 77.4 Å². The van der Waals surface area contributed by atoms with Gasteiger partial charge in [0.25, 0.3) is 0 Å². The molecule has 3 heteroatoms. The highest BCUT2D eigenvalue weighted by Gasteiger charge is 2.26. The zero-order valence-corrected chi connectivity index (χ0v) is 20.2. The van der Waals surface area contributed by atoms with Crippen molar-refractivity contribution >= 4 is 0 Å². The van der Waals surface area contributed by atoms with Crippen molar-refractivity contribution in [1.29, 1.82) is 0 Å². The lowest BCUT2D eigenvalue weighted by atomic mass is 9.92. The van der Waals surface area contributed by atoms with E-state index in [1.165, 1.54) is 11.1 Å². The summed E-state index contributed by atoms with van der Waals surface area (Å²) in [5.74, 6) is 0. The van der Waals surface area contributed by atoms with Gasteiger partial charge in [0.1, 0.15) is 0 Å². The number of nitrogens with one attached hydrogen (secondary N) is 1. The number of hydrogen-bond donors (Lipinski definition) is 1. The summed E-state index contributed by atoms with van der Waals surface area (Å²) in [4.78, 5) is 0. The summed E-state index contributed by atoms with van der Waals surface area (Å²) < 4.78 is 12.3. The Bertz CT molecular complexity index is 644. The van der Waals surface area contributed by atoms with Gasteiger partial charge in [0.15, 0.2) is 0 Å². The van der Waals surface area contributed by atoms with Gasteiger partial charge < -0.3 is 14.8 Å². The smallest absolute Gasteiger partial charge is 0.0669 e. The van der Waals surface area contributed by atoms with Crippen molar-refractivity contribution in [3.05, 3.63) is 71.8 Å². The Balaban J connectivity index is 1.75.